The number of benzene rings is 1. The summed E-state index contributed by atoms with van der Waals surface area (Å²) in [5.41, 5.74) is 1.18. The second kappa shape index (κ2) is 5.74. The Morgan fingerprint density at radius 1 is 1.04 bits per heavy atom. The fourth-order valence-corrected chi connectivity index (χ4v) is 5.97. The van der Waals surface area contributed by atoms with Gasteiger partial charge in [-0.25, -0.2) is 4.68 Å². The molecule has 0 spiro atoms. The minimum atomic E-state index is 0.174. The Morgan fingerprint density at radius 2 is 1.83 bits per heavy atom. The van der Waals surface area contributed by atoms with Gasteiger partial charge in [-0.05, 0) is 42.3 Å². The van der Waals surface area contributed by atoms with Gasteiger partial charge < -0.3 is 5.11 Å². The highest BCUT2D eigenvalue weighted by atomic mass is 32.2. The quantitative estimate of drug-likeness (QED) is 0.863. The van der Waals surface area contributed by atoms with Gasteiger partial charge in [-0.2, -0.15) is 0 Å². The second-order valence-electron chi connectivity index (χ2n) is 6.47. The van der Waals surface area contributed by atoms with Crippen LogP contribution in [0.5, 0.6) is 5.75 Å². The molecule has 3 aliphatic rings. The highest BCUT2D eigenvalue weighted by molar-refractivity contribution is 8.07. The number of phenolic OH excluding ortho intramolecular Hbond substituents is 1. The Bertz CT molecular complexity index is 795. The van der Waals surface area contributed by atoms with Crippen molar-refractivity contribution in [3.63, 3.8) is 0 Å². The van der Waals surface area contributed by atoms with Crippen molar-refractivity contribution in [2.45, 2.75) is 48.6 Å². The third-order valence-electron chi connectivity index (χ3n) is 4.94. The van der Waals surface area contributed by atoms with E-state index >= 15 is 0 Å². The van der Waals surface area contributed by atoms with Crippen LogP contribution in [-0.2, 0) is 0 Å². The van der Waals surface area contributed by atoms with Crippen molar-refractivity contribution in [3.05, 3.63) is 46.1 Å². The zero-order valence-corrected chi connectivity index (χ0v) is 14.8. The summed E-state index contributed by atoms with van der Waals surface area (Å²) in [5.74, 6) is 1.94. The van der Waals surface area contributed by atoms with E-state index in [1.165, 1.54) is 42.7 Å². The van der Waals surface area contributed by atoms with Gasteiger partial charge >= 0.3 is 0 Å². The van der Waals surface area contributed by atoms with Gasteiger partial charge in [-0.1, -0.05) is 43.2 Å². The van der Waals surface area contributed by atoms with E-state index in [9.17, 15) is 5.11 Å². The number of thioether (sulfide) groups is 2. The smallest absolute Gasteiger partial charge is 0.216 e. The van der Waals surface area contributed by atoms with Crippen LogP contribution in [0.15, 0.2) is 39.9 Å². The highest BCUT2D eigenvalue weighted by Gasteiger charge is 2.40. The molecule has 1 atom stereocenters. The molecule has 0 radical (unpaired) electrons. The van der Waals surface area contributed by atoms with E-state index in [-0.39, 0.29) is 5.37 Å². The van der Waals surface area contributed by atoms with Crippen LogP contribution in [0.4, 0.5) is 0 Å². The predicted octanol–water partition coefficient (Wildman–Crippen LogP) is 4.32. The topological polar surface area (TPSA) is 54.2 Å². The number of fused-ring (bicyclic) bond motifs is 3. The molecule has 3 heterocycles. The van der Waals surface area contributed by atoms with Crippen LogP contribution in [0.1, 0.15) is 54.8 Å². The van der Waals surface area contributed by atoms with Crippen LogP contribution in [0.25, 0.3) is 0 Å². The van der Waals surface area contributed by atoms with Gasteiger partial charge in [0.2, 0.25) is 5.16 Å². The van der Waals surface area contributed by atoms with Crippen LogP contribution in [0.3, 0.4) is 0 Å². The van der Waals surface area contributed by atoms with Crippen molar-refractivity contribution in [1.29, 1.82) is 0 Å². The summed E-state index contributed by atoms with van der Waals surface area (Å²) in [5, 5.41) is 25.4. The minimum Gasteiger partial charge on any atom is -0.508 e. The van der Waals surface area contributed by atoms with E-state index in [4.69, 9.17) is 0 Å². The fraction of sp³-hybridized carbons (Fsp3) is 0.412. The number of nitrogens with zero attached hydrogens (tertiary/aromatic N) is 4. The van der Waals surface area contributed by atoms with Crippen LogP contribution in [-0.4, -0.2) is 20.0 Å². The average molecular weight is 358 g/mol. The minimum absolute atomic E-state index is 0.174. The molecule has 2 aliphatic heterocycles. The zero-order chi connectivity index (χ0) is 16.1. The number of hydrogen-bond donors (Lipinski definition) is 1. The Balaban J connectivity index is 1.53. The Kier molecular flexibility index (Phi) is 3.52. The molecule has 1 aromatic heterocycles. The molecule has 0 amide bonds. The molecular weight excluding hydrogens is 340 g/mol. The molecule has 1 N–H and O–H groups in total. The third kappa shape index (κ3) is 2.25. The van der Waals surface area contributed by atoms with E-state index in [1.807, 2.05) is 12.1 Å². The number of aromatic hydroxyl groups is 1. The first-order valence-corrected chi connectivity index (χ1v) is 10.1. The lowest BCUT2D eigenvalue weighted by atomic mass is 9.89. The van der Waals surface area contributed by atoms with Crippen molar-refractivity contribution in [2.75, 3.05) is 5.01 Å². The summed E-state index contributed by atoms with van der Waals surface area (Å²) in [6.07, 6.45) is 6.35. The van der Waals surface area contributed by atoms with Crippen LogP contribution < -0.4 is 5.01 Å². The van der Waals surface area contributed by atoms with E-state index in [0.717, 1.165) is 11.0 Å². The number of hydrogen-bond acceptors (Lipinski definition) is 6. The van der Waals surface area contributed by atoms with Crippen molar-refractivity contribution in [2.24, 2.45) is 0 Å². The van der Waals surface area contributed by atoms with E-state index in [2.05, 4.69) is 25.3 Å². The molecular formula is C17H18N4OS2. The Hall–Kier alpha value is -1.60. The van der Waals surface area contributed by atoms with Crippen molar-refractivity contribution in [3.8, 4) is 5.75 Å². The average Bonchev–Trinajstić information content (AvgIpc) is 3.27. The van der Waals surface area contributed by atoms with Gasteiger partial charge in [-0.15, -0.1) is 10.2 Å². The normalized spacial score (nSPS) is 23.2. The first-order chi connectivity index (χ1) is 11.8. The lowest BCUT2D eigenvalue weighted by Gasteiger charge is -2.28. The van der Waals surface area contributed by atoms with E-state index in [1.54, 1.807) is 35.7 Å². The molecule has 1 fully saturated rings. The molecule has 1 aliphatic carbocycles. The summed E-state index contributed by atoms with van der Waals surface area (Å²) in [7, 11) is 0. The maximum atomic E-state index is 9.56. The molecule has 7 heteroatoms. The molecule has 0 bridgehead atoms. The van der Waals surface area contributed by atoms with Gasteiger partial charge in [0.15, 0.2) is 5.82 Å². The molecule has 124 valence electrons. The van der Waals surface area contributed by atoms with Crippen molar-refractivity contribution in [1.82, 2.24) is 14.9 Å². The van der Waals surface area contributed by atoms with Gasteiger partial charge in [0.05, 0.1) is 0 Å². The molecule has 1 aromatic carbocycles. The van der Waals surface area contributed by atoms with Gasteiger partial charge in [0.25, 0.3) is 0 Å². The maximum absolute atomic E-state index is 9.56. The molecule has 1 saturated carbocycles. The predicted molar refractivity (Wildman–Crippen MR) is 96.4 cm³/mol. The number of phenols is 1. The largest absolute Gasteiger partial charge is 0.508 e. The number of rotatable bonds is 2. The Morgan fingerprint density at radius 3 is 2.62 bits per heavy atom. The molecule has 5 rings (SSSR count). The second-order valence-corrected chi connectivity index (χ2v) is 8.41. The molecule has 24 heavy (non-hydrogen) atoms. The standard InChI is InChI=1S/C17H18N4OS2/c22-13-8-6-12(7-9-13)16-20-14(10-23-16)24-17-19-18-15(21(17)20)11-4-2-1-3-5-11/h6-11,16,22H,1-5H2. The highest BCUT2D eigenvalue weighted by Crippen LogP contribution is 2.52. The van der Waals surface area contributed by atoms with Crippen LogP contribution >= 0.6 is 23.5 Å². The molecule has 0 saturated heterocycles. The van der Waals surface area contributed by atoms with E-state index < -0.39 is 0 Å². The zero-order valence-electron chi connectivity index (χ0n) is 13.1. The van der Waals surface area contributed by atoms with Gasteiger partial charge in [-0.3, -0.25) is 5.01 Å². The van der Waals surface area contributed by atoms with Crippen molar-refractivity contribution < 1.29 is 5.11 Å². The number of aromatic nitrogens is 3. The monoisotopic (exact) mass is 358 g/mol. The SMILES string of the molecule is Oc1ccc(C2SC=C3Sc4nnc(C5CCCCC5)n4N32)cc1. The first kappa shape index (κ1) is 14.7. The lowest BCUT2D eigenvalue weighted by Crippen LogP contribution is -2.31. The van der Waals surface area contributed by atoms with Gasteiger partial charge in [0.1, 0.15) is 16.2 Å². The third-order valence-corrected chi connectivity index (χ3v) is 7.13. The van der Waals surface area contributed by atoms with Crippen LogP contribution in [0, 0.1) is 0 Å². The fourth-order valence-electron chi connectivity index (χ4n) is 3.73. The summed E-state index contributed by atoms with van der Waals surface area (Å²) in [4.78, 5) is 0. The molecule has 1 unspecified atom stereocenters. The molecule has 2 aromatic rings. The summed E-state index contributed by atoms with van der Waals surface area (Å²) >= 11 is 3.50. The van der Waals surface area contributed by atoms with E-state index in [0.29, 0.717) is 11.7 Å². The lowest BCUT2D eigenvalue weighted by molar-refractivity contribution is 0.411. The summed E-state index contributed by atoms with van der Waals surface area (Å²) in [6.45, 7) is 0. The first-order valence-electron chi connectivity index (χ1n) is 8.38. The van der Waals surface area contributed by atoms with Gasteiger partial charge in [0, 0.05) is 11.3 Å². The summed E-state index contributed by atoms with van der Waals surface area (Å²) in [6, 6.07) is 7.51. The van der Waals surface area contributed by atoms with Crippen molar-refractivity contribution >= 4 is 23.5 Å². The maximum Gasteiger partial charge on any atom is 0.216 e. The Labute approximate surface area is 149 Å². The molecule has 5 nitrogen and oxygen atoms in total. The van der Waals surface area contributed by atoms with Crippen LogP contribution in [0.2, 0.25) is 0 Å². The summed E-state index contributed by atoms with van der Waals surface area (Å²) < 4.78 is 2.24.